The number of fused-ring (bicyclic) bond motifs is 1. The number of carbonyl (C=O) groups excluding carboxylic acids is 1. The molecule has 33 heavy (non-hydrogen) atoms. The second-order valence-electron chi connectivity index (χ2n) is 7.88. The highest BCUT2D eigenvalue weighted by atomic mass is 19.3. The molecule has 1 fully saturated rings. The number of carbonyl (C=O) groups is 1. The van der Waals surface area contributed by atoms with Crippen LogP contribution in [-0.4, -0.2) is 46.6 Å². The molecule has 3 aromatic heterocycles. The standard InChI is InChI=1S/C24H27F2N3O4/c1-3-32-20-13-22-28-21(24(33-4-2)8-10-31-11-9-24)15-29(22)14-16(20)12-19(30)17-6-5-7-18(27-17)23(25)26/h5-7,13-15,23H,3-4,8-12H2,1-2H3. The minimum atomic E-state index is -2.74. The van der Waals surface area contributed by atoms with Gasteiger partial charge in [-0.2, -0.15) is 0 Å². The molecule has 0 bridgehead atoms. The molecule has 0 unspecified atom stereocenters. The van der Waals surface area contributed by atoms with E-state index in [0.717, 1.165) is 5.69 Å². The Kier molecular flexibility index (Phi) is 6.99. The molecule has 0 amide bonds. The van der Waals surface area contributed by atoms with Gasteiger partial charge >= 0.3 is 0 Å². The zero-order valence-corrected chi connectivity index (χ0v) is 18.7. The normalized spacial score (nSPS) is 15.8. The van der Waals surface area contributed by atoms with Gasteiger partial charge < -0.3 is 18.6 Å². The first kappa shape index (κ1) is 23.3. The van der Waals surface area contributed by atoms with Gasteiger partial charge in [0, 0.05) is 63.1 Å². The monoisotopic (exact) mass is 459 g/mol. The van der Waals surface area contributed by atoms with Crippen molar-refractivity contribution < 1.29 is 27.8 Å². The van der Waals surface area contributed by atoms with Gasteiger partial charge in [0.25, 0.3) is 6.43 Å². The third-order valence-electron chi connectivity index (χ3n) is 5.75. The molecule has 0 saturated carbocycles. The van der Waals surface area contributed by atoms with Crippen LogP contribution >= 0.6 is 0 Å². The van der Waals surface area contributed by atoms with E-state index in [1.165, 1.54) is 18.2 Å². The number of imidazole rings is 1. The number of nitrogens with zero attached hydrogens (tertiary/aromatic N) is 3. The number of Topliss-reactive ketones (excluding diaryl/α,β-unsaturated/α-hetero) is 1. The van der Waals surface area contributed by atoms with Gasteiger partial charge in [0.1, 0.15) is 28.4 Å². The van der Waals surface area contributed by atoms with E-state index in [4.69, 9.17) is 19.2 Å². The van der Waals surface area contributed by atoms with E-state index in [1.54, 1.807) is 12.3 Å². The molecule has 0 spiro atoms. The minimum Gasteiger partial charge on any atom is -0.493 e. The van der Waals surface area contributed by atoms with Gasteiger partial charge in [0.05, 0.1) is 12.3 Å². The number of rotatable bonds is 9. The number of halogens is 2. The Bertz CT molecular complexity index is 1120. The molecule has 7 nitrogen and oxygen atoms in total. The molecular weight excluding hydrogens is 432 g/mol. The first-order valence-electron chi connectivity index (χ1n) is 11.1. The Hall–Kier alpha value is -2.91. The van der Waals surface area contributed by atoms with Crippen LogP contribution in [0.15, 0.2) is 36.7 Å². The Morgan fingerprint density at radius 1 is 1.18 bits per heavy atom. The third-order valence-corrected chi connectivity index (χ3v) is 5.75. The fourth-order valence-electron chi connectivity index (χ4n) is 4.15. The van der Waals surface area contributed by atoms with Crippen molar-refractivity contribution in [2.45, 2.75) is 45.1 Å². The van der Waals surface area contributed by atoms with E-state index in [1.807, 2.05) is 24.4 Å². The van der Waals surface area contributed by atoms with E-state index in [9.17, 15) is 13.6 Å². The molecule has 176 valence electrons. The summed E-state index contributed by atoms with van der Waals surface area (Å²) in [6.45, 7) is 5.98. The van der Waals surface area contributed by atoms with Gasteiger partial charge in [-0.25, -0.2) is 18.7 Å². The molecule has 1 aliphatic heterocycles. The molecule has 9 heteroatoms. The van der Waals surface area contributed by atoms with Crippen LogP contribution < -0.4 is 4.74 Å². The van der Waals surface area contributed by atoms with Crippen LogP contribution in [0.3, 0.4) is 0 Å². The van der Waals surface area contributed by atoms with Gasteiger partial charge in [0.2, 0.25) is 0 Å². The molecule has 0 N–H and O–H groups in total. The Labute approximate surface area is 190 Å². The summed E-state index contributed by atoms with van der Waals surface area (Å²) in [5.74, 6) is 0.159. The first-order chi connectivity index (χ1) is 16.0. The summed E-state index contributed by atoms with van der Waals surface area (Å²) < 4.78 is 45.3. The summed E-state index contributed by atoms with van der Waals surface area (Å²) in [6.07, 6.45) is 2.35. The van der Waals surface area contributed by atoms with Crippen molar-refractivity contribution in [1.29, 1.82) is 0 Å². The number of pyridine rings is 2. The Morgan fingerprint density at radius 3 is 2.67 bits per heavy atom. The van der Waals surface area contributed by atoms with Crippen LogP contribution in [0.4, 0.5) is 8.78 Å². The number of alkyl halides is 2. The summed E-state index contributed by atoms with van der Waals surface area (Å²) in [5.41, 5.74) is 1.18. The molecule has 0 radical (unpaired) electrons. The molecule has 1 saturated heterocycles. The Morgan fingerprint density at radius 2 is 1.97 bits per heavy atom. The molecule has 1 aliphatic rings. The fourth-order valence-corrected chi connectivity index (χ4v) is 4.15. The maximum atomic E-state index is 13.0. The van der Waals surface area contributed by atoms with Crippen LogP contribution in [0.2, 0.25) is 0 Å². The first-order valence-corrected chi connectivity index (χ1v) is 11.1. The average Bonchev–Trinajstić information content (AvgIpc) is 3.24. The zero-order valence-electron chi connectivity index (χ0n) is 18.7. The lowest BCUT2D eigenvalue weighted by Crippen LogP contribution is -2.37. The minimum absolute atomic E-state index is 0.000769. The highest BCUT2D eigenvalue weighted by Gasteiger charge is 2.37. The van der Waals surface area contributed by atoms with Crippen molar-refractivity contribution in [3.8, 4) is 5.75 Å². The molecule has 3 aromatic rings. The molecule has 4 rings (SSSR count). The fraction of sp³-hybridized carbons (Fsp3) is 0.458. The molecule has 4 heterocycles. The van der Waals surface area contributed by atoms with E-state index < -0.39 is 17.7 Å². The summed E-state index contributed by atoms with van der Waals surface area (Å²) in [4.78, 5) is 21.5. The van der Waals surface area contributed by atoms with Gasteiger partial charge in [-0.1, -0.05) is 6.07 Å². The predicted octanol–water partition coefficient (Wildman–Crippen LogP) is 4.53. The third kappa shape index (κ3) is 4.89. The zero-order chi connectivity index (χ0) is 23.4. The van der Waals surface area contributed by atoms with Crippen LogP contribution in [-0.2, 0) is 21.5 Å². The van der Waals surface area contributed by atoms with Gasteiger partial charge in [-0.3, -0.25) is 4.79 Å². The molecular formula is C24H27F2N3O4. The van der Waals surface area contributed by atoms with Crippen molar-refractivity contribution in [3.63, 3.8) is 0 Å². The van der Waals surface area contributed by atoms with E-state index in [2.05, 4.69) is 4.98 Å². The van der Waals surface area contributed by atoms with Gasteiger partial charge in [-0.15, -0.1) is 0 Å². The Balaban J connectivity index is 1.68. The number of ketones is 1. The lowest BCUT2D eigenvalue weighted by Gasteiger charge is -2.35. The van der Waals surface area contributed by atoms with Crippen molar-refractivity contribution in [3.05, 3.63) is 59.3 Å². The van der Waals surface area contributed by atoms with Crippen LogP contribution in [0.5, 0.6) is 5.75 Å². The smallest absolute Gasteiger partial charge is 0.280 e. The van der Waals surface area contributed by atoms with Crippen molar-refractivity contribution in [1.82, 2.24) is 14.4 Å². The lowest BCUT2D eigenvalue weighted by molar-refractivity contribution is -0.115. The second kappa shape index (κ2) is 9.93. The summed E-state index contributed by atoms with van der Waals surface area (Å²) in [7, 11) is 0. The van der Waals surface area contributed by atoms with Crippen LogP contribution in [0.1, 0.15) is 60.6 Å². The molecule has 0 aromatic carbocycles. The largest absolute Gasteiger partial charge is 0.493 e. The summed E-state index contributed by atoms with van der Waals surface area (Å²) >= 11 is 0. The SMILES string of the molecule is CCOc1cc2nc(C3(OCC)CCOCC3)cn2cc1CC(=O)c1cccc(C(F)F)n1. The average molecular weight is 459 g/mol. The molecule has 0 atom stereocenters. The highest BCUT2D eigenvalue weighted by Crippen LogP contribution is 2.36. The number of ether oxygens (including phenoxy) is 3. The topological polar surface area (TPSA) is 74.9 Å². The number of aromatic nitrogens is 3. The maximum absolute atomic E-state index is 13.0. The highest BCUT2D eigenvalue weighted by molar-refractivity contribution is 5.96. The number of hydrogen-bond donors (Lipinski definition) is 0. The van der Waals surface area contributed by atoms with Gasteiger partial charge in [-0.05, 0) is 26.0 Å². The summed E-state index contributed by atoms with van der Waals surface area (Å²) in [6, 6.07) is 5.85. The quantitative estimate of drug-likeness (QED) is 0.438. The van der Waals surface area contributed by atoms with E-state index in [-0.39, 0.29) is 17.9 Å². The second-order valence-corrected chi connectivity index (χ2v) is 7.88. The van der Waals surface area contributed by atoms with Crippen molar-refractivity contribution in [2.75, 3.05) is 26.4 Å². The van der Waals surface area contributed by atoms with E-state index in [0.29, 0.717) is 56.2 Å². The van der Waals surface area contributed by atoms with E-state index >= 15 is 0 Å². The van der Waals surface area contributed by atoms with Crippen molar-refractivity contribution >= 4 is 11.4 Å². The van der Waals surface area contributed by atoms with Crippen LogP contribution in [0, 0.1) is 0 Å². The number of hydrogen-bond acceptors (Lipinski definition) is 6. The van der Waals surface area contributed by atoms with Crippen molar-refractivity contribution in [2.24, 2.45) is 0 Å². The lowest BCUT2D eigenvalue weighted by atomic mass is 9.91. The van der Waals surface area contributed by atoms with Crippen LogP contribution in [0.25, 0.3) is 5.65 Å². The maximum Gasteiger partial charge on any atom is 0.280 e. The molecule has 0 aliphatic carbocycles. The van der Waals surface area contributed by atoms with Gasteiger partial charge in [0.15, 0.2) is 5.78 Å². The predicted molar refractivity (Wildman–Crippen MR) is 117 cm³/mol. The summed E-state index contributed by atoms with van der Waals surface area (Å²) in [5, 5.41) is 0.